The van der Waals surface area contributed by atoms with Gasteiger partial charge >= 0.3 is 0 Å². The van der Waals surface area contributed by atoms with Gasteiger partial charge in [0.25, 0.3) is 5.91 Å². The Hall–Kier alpha value is -1.55. The van der Waals surface area contributed by atoms with Gasteiger partial charge in [-0.1, -0.05) is 19.1 Å². The Morgan fingerprint density at radius 2 is 2.28 bits per heavy atom. The number of para-hydroxylation sites is 1. The molecule has 1 aliphatic heterocycles. The van der Waals surface area contributed by atoms with E-state index in [0.29, 0.717) is 11.5 Å². The summed E-state index contributed by atoms with van der Waals surface area (Å²) in [5, 5.41) is 16.2. The molecular weight excluding hydrogens is 228 g/mol. The van der Waals surface area contributed by atoms with E-state index in [1.165, 1.54) is 0 Å². The number of hydrogen-bond donors (Lipinski definition) is 3. The number of nitrogens with one attached hydrogen (secondary N) is 2. The number of hydrogen-bond acceptors (Lipinski definition) is 3. The van der Waals surface area contributed by atoms with Gasteiger partial charge in [-0.25, -0.2) is 0 Å². The highest BCUT2D eigenvalue weighted by molar-refractivity contribution is 5.97. The standard InChI is InChI=1S/C14H20N2O2/c1-9-4-3-5-11(13(9)17)14(18)16-12-6-7-15-8-10(12)2/h3-5,10,12,15,17H,6-8H2,1-2H3,(H,16,18). The summed E-state index contributed by atoms with van der Waals surface area (Å²) in [5.74, 6) is 0.307. The lowest BCUT2D eigenvalue weighted by Gasteiger charge is -2.30. The highest BCUT2D eigenvalue weighted by atomic mass is 16.3. The summed E-state index contributed by atoms with van der Waals surface area (Å²) in [6.07, 6.45) is 0.930. The molecule has 0 spiro atoms. The Balaban J connectivity index is 2.09. The van der Waals surface area contributed by atoms with E-state index < -0.39 is 0 Å². The number of carbonyl (C=O) groups excluding carboxylic acids is 1. The van der Waals surface area contributed by atoms with Gasteiger partial charge in [0.15, 0.2) is 0 Å². The number of benzene rings is 1. The van der Waals surface area contributed by atoms with Crippen molar-refractivity contribution in [1.82, 2.24) is 10.6 Å². The summed E-state index contributed by atoms with van der Waals surface area (Å²) in [6.45, 7) is 5.76. The van der Waals surface area contributed by atoms with Gasteiger partial charge in [0.1, 0.15) is 5.75 Å². The minimum Gasteiger partial charge on any atom is -0.507 e. The van der Waals surface area contributed by atoms with Crippen molar-refractivity contribution in [3.05, 3.63) is 29.3 Å². The van der Waals surface area contributed by atoms with E-state index in [9.17, 15) is 9.90 Å². The predicted octanol–water partition coefficient (Wildman–Crippen LogP) is 1.43. The maximum atomic E-state index is 12.1. The second-order valence-corrected chi connectivity index (χ2v) is 5.02. The zero-order valence-corrected chi connectivity index (χ0v) is 10.9. The first-order valence-corrected chi connectivity index (χ1v) is 6.39. The summed E-state index contributed by atoms with van der Waals surface area (Å²) in [7, 11) is 0. The van der Waals surface area contributed by atoms with Crippen LogP contribution >= 0.6 is 0 Å². The lowest BCUT2D eigenvalue weighted by Crippen LogP contribution is -2.48. The van der Waals surface area contributed by atoms with Gasteiger partial charge in [0.2, 0.25) is 0 Å². The van der Waals surface area contributed by atoms with E-state index >= 15 is 0 Å². The molecule has 98 valence electrons. The second-order valence-electron chi connectivity index (χ2n) is 5.02. The van der Waals surface area contributed by atoms with E-state index in [-0.39, 0.29) is 17.7 Å². The fraction of sp³-hybridized carbons (Fsp3) is 0.500. The average molecular weight is 248 g/mol. The van der Waals surface area contributed by atoms with E-state index in [2.05, 4.69) is 17.6 Å². The van der Waals surface area contributed by atoms with Gasteiger partial charge in [0.05, 0.1) is 5.56 Å². The molecule has 2 unspecified atom stereocenters. The van der Waals surface area contributed by atoms with Gasteiger partial charge in [-0.05, 0) is 44.0 Å². The van der Waals surface area contributed by atoms with Gasteiger partial charge in [-0.2, -0.15) is 0 Å². The Morgan fingerprint density at radius 1 is 1.50 bits per heavy atom. The van der Waals surface area contributed by atoms with Gasteiger partial charge in [-0.15, -0.1) is 0 Å². The van der Waals surface area contributed by atoms with Crippen molar-refractivity contribution in [1.29, 1.82) is 0 Å². The Labute approximate surface area is 107 Å². The van der Waals surface area contributed by atoms with Gasteiger partial charge in [0, 0.05) is 6.04 Å². The third-order valence-electron chi connectivity index (χ3n) is 3.58. The van der Waals surface area contributed by atoms with Crippen LogP contribution in [0.25, 0.3) is 0 Å². The molecule has 1 aromatic carbocycles. The molecule has 4 heteroatoms. The Kier molecular flexibility index (Phi) is 3.87. The molecule has 1 fully saturated rings. The fourth-order valence-corrected chi connectivity index (χ4v) is 2.32. The van der Waals surface area contributed by atoms with Crippen LogP contribution in [0.4, 0.5) is 0 Å². The zero-order chi connectivity index (χ0) is 13.1. The summed E-state index contributed by atoms with van der Waals surface area (Å²) in [5.41, 5.74) is 1.08. The number of aromatic hydroxyl groups is 1. The van der Waals surface area contributed by atoms with Crippen LogP contribution < -0.4 is 10.6 Å². The molecule has 1 aromatic rings. The lowest BCUT2D eigenvalue weighted by molar-refractivity contribution is 0.0911. The molecule has 2 atom stereocenters. The number of rotatable bonds is 2. The third-order valence-corrected chi connectivity index (χ3v) is 3.58. The zero-order valence-electron chi connectivity index (χ0n) is 10.9. The molecule has 0 aliphatic carbocycles. The molecule has 1 aliphatic rings. The smallest absolute Gasteiger partial charge is 0.255 e. The number of amides is 1. The van der Waals surface area contributed by atoms with Crippen molar-refractivity contribution in [2.24, 2.45) is 5.92 Å². The van der Waals surface area contributed by atoms with Crippen molar-refractivity contribution in [2.75, 3.05) is 13.1 Å². The van der Waals surface area contributed by atoms with Crippen LogP contribution in [-0.4, -0.2) is 30.1 Å². The quantitative estimate of drug-likeness (QED) is 0.742. The minimum atomic E-state index is -0.185. The van der Waals surface area contributed by atoms with Crippen LogP contribution in [0.1, 0.15) is 29.3 Å². The molecule has 4 nitrogen and oxygen atoms in total. The van der Waals surface area contributed by atoms with Gasteiger partial charge < -0.3 is 15.7 Å². The summed E-state index contributed by atoms with van der Waals surface area (Å²) < 4.78 is 0. The van der Waals surface area contributed by atoms with E-state index in [1.807, 2.05) is 0 Å². The van der Waals surface area contributed by atoms with E-state index in [0.717, 1.165) is 25.1 Å². The van der Waals surface area contributed by atoms with E-state index in [4.69, 9.17) is 0 Å². The first-order chi connectivity index (χ1) is 8.59. The van der Waals surface area contributed by atoms with Crippen LogP contribution in [0.15, 0.2) is 18.2 Å². The second kappa shape index (κ2) is 5.40. The summed E-state index contributed by atoms with van der Waals surface area (Å²) >= 11 is 0. The number of phenols is 1. The number of aryl methyl sites for hydroxylation is 1. The molecule has 2 rings (SSSR count). The van der Waals surface area contributed by atoms with Crippen LogP contribution in [-0.2, 0) is 0 Å². The van der Waals surface area contributed by atoms with Crippen LogP contribution in [0, 0.1) is 12.8 Å². The molecule has 1 saturated heterocycles. The highest BCUT2D eigenvalue weighted by Gasteiger charge is 2.24. The van der Waals surface area contributed by atoms with Crippen molar-refractivity contribution in [3.63, 3.8) is 0 Å². The van der Waals surface area contributed by atoms with Crippen molar-refractivity contribution < 1.29 is 9.90 Å². The summed E-state index contributed by atoms with van der Waals surface area (Å²) in [6, 6.07) is 5.41. The summed E-state index contributed by atoms with van der Waals surface area (Å²) in [4.78, 5) is 12.1. The minimum absolute atomic E-state index is 0.0802. The molecule has 0 bridgehead atoms. The molecular formula is C14H20N2O2. The van der Waals surface area contributed by atoms with Crippen LogP contribution in [0.3, 0.4) is 0 Å². The molecule has 1 amide bonds. The number of phenolic OH excluding ortho intramolecular Hbond substituents is 1. The molecule has 0 saturated carbocycles. The first kappa shape index (κ1) is 12.9. The molecule has 3 N–H and O–H groups in total. The average Bonchev–Trinajstić information content (AvgIpc) is 2.35. The van der Waals surface area contributed by atoms with Crippen LogP contribution in [0.2, 0.25) is 0 Å². The monoisotopic (exact) mass is 248 g/mol. The molecule has 1 heterocycles. The van der Waals surface area contributed by atoms with Crippen molar-refractivity contribution >= 4 is 5.91 Å². The van der Waals surface area contributed by atoms with Crippen LogP contribution in [0.5, 0.6) is 5.75 Å². The normalized spacial score (nSPS) is 23.7. The fourth-order valence-electron chi connectivity index (χ4n) is 2.32. The number of carbonyl (C=O) groups is 1. The molecule has 0 radical (unpaired) electrons. The molecule has 18 heavy (non-hydrogen) atoms. The predicted molar refractivity (Wildman–Crippen MR) is 70.7 cm³/mol. The maximum Gasteiger partial charge on any atom is 0.255 e. The maximum absolute atomic E-state index is 12.1. The van der Waals surface area contributed by atoms with Crippen molar-refractivity contribution in [3.8, 4) is 5.75 Å². The van der Waals surface area contributed by atoms with Gasteiger partial charge in [-0.3, -0.25) is 4.79 Å². The first-order valence-electron chi connectivity index (χ1n) is 6.39. The SMILES string of the molecule is Cc1cccc(C(=O)NC2CCNCC2C)c1O. The van der Waals surface area contributed by atoms with Crippen molar-refractivity contribution in [2.45, 2.75) is 26.3 Å². The largest absolute Gasteiger partial charge is 0.507 e. The topological polar surface area (TPSA) is 61.4 Å². The molecule has 0 aromatic heterocycles. The Bertz CT molecular complexity index is 445. The number of piperidine rings is 1. The lowest BCUT2D eigenvalue weighted by atomic mass is 9.95. The highest BCUT2D eigenvalue weighted by Crippen LogP contribution is 2.22. The third kappa shape index (κ3) is 2.64. The van der Waals surface area contributed by atoms with E-state index in [1.54, 1.807) is 25.1 Å². The Morgan fingerprint density at radius 3 is 3.00 bits per heavy atom.